The SMILES string of the molecule is CC(C)(C)C1CCc2c(sc3c2C(=O)NC(c2cccnc2)N3)C1. The topological polar surface area (TPSA) is 54.0 Å². The molecule has 0 fully saturated rings. The van der Waals surface area contributed by atoms with E-state index in [-0.39, 0.29) is 12.1 Å². The van der Waals surface area contributed by atoms with E-state index in [1.165, 1.54) is 16.9 Å². The van der Waals surface area contributed by atoms with Crippen molar-refractivity contribution in [2.24, 2.45) is 11.3 Å². The first-order valence-electron chi connectivity index (χ1n) is 8.55. The number of nitrogens with zero attached hydrogens (tertiary/aromatic N) is 1. The standard InChI is InChI=1S/C19H23N3OS/c1-19(2,3)12-6-7-13-14(9-12)24-18-15(13)17(23)21-16(22-18)11-5-4-8-20-10-11/h4-5,8,10,12,16,22H,6-7,9H2,1-3H3,(H,21,23). The van der Waals surface area contributed by atoms with E-state index in [1.807, 2.05) is 12.1 Å². The highest BCUT2D eigenvalue weighted by Gasteiger charge is 2.36. The highest BCUT2D eigenvalue weighted by atomic mass is 32.1. The van der Waals surface area contributed by atoms with E-state index in [9.17, 15) is 4.79 Å². The Morgan fingerprint density at radius 3 is 2.83 bits per heavy atom. The fourth-order valence-electron chi connectivity index (χ4n) is 3.75. The molecule has 0 aromatic carbocycles. The van der Waals surface area contributed by atoms with E-state index < -0.39 is 0 Å². The fraction of sp³-hybridized carbons (Fsp3) is 0.474. The number of amides is 1. The fourth-order valence-corrected chi connectivity index (χ4v) is 5.10. The van der Waals surface area contributed by atoms with Gasteiger partial charge in [0, 0.05) is 22.8 Å². The molecule has 0 saturated carbocycles. The summed E-state index contributed by atoms with van der Waals surface area (Å²) in [5.41, 5.74) is 3.44. The van der Waals surface area contributed by atoms with Gasteiger partial charge in [-0.1, -0.05) is 26.8 Å². The summed E-state index contributed by atoms with van der Waals surface area (Å²) in [4.78, 5) is 18.3. The Hall–Kier alpha value is -1.88. The molecule has 5 heteroatoms. The first-order valence-corrected chi connectivity index (χ1v) is 9.37. The van der Waals surface area contributed by atoms with Crippen LogP contribution in [0.5, 0.6) is 0 Å². The minimum absolute atomic E-state index is 0.0457. The number of aromatic nitrogens is 1. The van der Waals surface area contributed by atoms with E-state index >= 15 is 0 Å². The van der Waals surface area contributed by atoms with Crippen LogP contribution in [0.25, 0.3) is 0 Å². The van der Waals surface area contributed by atoms with Crippen molar-refractivity contribution >= 4 is 22.2 Å². The summed E-state index contributed by atoms with van der Waals surface area (Å²) in [6.45, 7) is 6.96. The van der Waals surface area contributed by atoms with E-state index in [4.69, 9.17) is 0 Å². The maximum atomic E-state index is 12.7. The molecule has 2 aromatic heterocycles. The molecule has 4 rings (SSSR count). The molecular formula is C19H23N3OS. The van der Waals surface area contributed by atoms with Gasteiger partial charge in [-0.2, -0.15) is 0 Å². The minimum atomic E-state index is -0.197. The van der Waals surface area contributed by atoms with Crippen LogP contribution < -0.4 is 10.6 Å². The molecule has 0 spiro atoms. The summed E-state index contributed by atoms with van der Waals surface area (Å²) in [6, 6.07) is 3.88. The molecule has 4 nitrogen and oxygen atoms in total. The van der Waals surface area contributed by atoms with Crippen molar-refractivity contribution in [2.75, 3.05) is 5.32 Å². The van der Waals surface area contributed by atoms with Crippen LogP contribution in [0.15, 0.2) is 24.5 Å². The van der Waals surface area contributed by atoms with Gasteiger partial charge in [-0.25, -0.2) is 0 Å². The van der Waals surface area contributed by atoms with Crippen molar-refractivity contribution in [3.63, 3.8) is 0 Å². The van der Waals surface area contributed by atoms with E-state index in [2.05, 4.69) is 36.4 Å². The lowest BCUT2D eigenvalue weighted by atomic mass is 9.72. The molecule has 126 valence electrons. The number of fused-ring (bicyclic) bond motifs is 3. The van der Waals surface area contributed by atoms with Gasteiger partial charge < -0.3 is 10.6 Å². The first kappa shape index (κ1) is 15.6. The summed E-state index contributed by atoms with van der Waals surface area (Å²) >= 11 is 1.77. The number of thiophene rings is 1. The smallest absolute Gasteiger partial charge is 0.256 e. The largest absolute Gasteiger partial charge is 0.353 e. The van der Waals surface area contributed by atoms with Gasteiger partial charge in [0.1, 0.15) is 11.2 Å². The van der Waals surface area contributed by atoms with Crippen molar-refractivity contribution in [3.8, 4) is 0 Å². The number of rotatable bonds is 1. The Kier molecular flexibility index (Phi) is 3.64. The normalized spacial score (nSPS) is 23.0. The van der Waals surface area contributed by atoms with Crippen LogP contribution in [0.1, 0.15) is 59.7 Å². The average Bonchev–Trinajstić information content (AvgIpc) is 2.92. The third kappa shape index (κ3) is 2.61. The highest BCUT2D eigenvalue weighted by molar-refractivity contribution is 7.16. The van der Waals surface area contributed by atoms with Gasteiger partial charge in [-0.05, 0) is 42.2 Å². The van der Waals surface area contributed by atoms with Gasteiger partial charge in [0.25, 0.3) is 5.91 Å². The van der Waals surface area contributed by atoms with Gasteiger partial charge >= 0.3 is 0 Å². The van der Waals surface area contributed by atoms with Crippen LogP contribution in [0.4, 0.5) is 5.00 Å². The molecule has 0 saturated heterocycles. The van der Waals surface area contributed by atoms with Gasteiger partial charge in [0.15, 0.2) is 0 Å². The Labute approximate surface area is 146 Å². The summed E-state index contributed by atoms with van der Waals surface area (Å²) in [7, 11) is 0. The molecular weight excluding hydrogens is 318 g/mol. The van der Waals surface area contributed by atoms with Crippen molar-refractivity contribution < 1.29 is 4.79 Å². The van der Waals surface area contributed by atoms with Crippen LogP contribution in [-0.4, -0.2) is 10.9 Å². The van der Waals surface area contributed by atoms with Crippen LogP contribution >= 0.6 is 11.3 Å². The second-order valence-corrected chi connectivity index (χ2v) is 8.96. The molecule has 2 atom stereocenters. The molecule has 2 aromatic rings. The number of hydrogen-bond donors (Lipinski definition) is 2. The lowest BCUT2D eigenvalue weighted by molar-refractivity contribution is 0.0935. The third-order valence-electron chi connectivity index (χ3n) is 5.29. The number of anilines is 1. The lowest BCUT2D eigenvalue weighted by Crippen LogP contribution is -2.38. The van der Waals surface area contributed by atoms with Gasteiger partial charge in [-0.15, -0.1) is 11.3 Å². The second kappa shape index (κ2) is 5.59. The molecule has 2 aliphatic rings. The molecule has 1 aliphatic carbocycles. The maximum Gasteiger partial charge on any atom is 0.256 e. The minimum Gasteiger partial charge on any atom is -0.353 e. The molecule has 24 heavy (non-hydrogen) atoms. The number of nitrogens with one attached hydrogen (secondary N) is 2. The zero-order valence-electron chi connectivity index (χ0n) is 14.3. The Morgan fingerprint density at radius 2 is 2.12 bits per heavy atom. The zero-order chi connectivity index (χ0) is 16.9. The lowest BCUT2D eigenvalue weighted by Gasteiger charge is -2.34. The second-order valence-electron chi connectivity index (χ2n) is 7.85. The molecule has 1 aliphatic heterocycles. The van der Waals surface area contributed by atoms with Crippen molar-refractivity contribution in [1.29, 1.82) is 0 Å². The maximum absolute atomic E-state index is 12.7. The van der Waals surface area contributed by atoms with E-state index in [1.54, 1.807) is 23.7 Å². The van der Waals surface area contributed by atoms with Gasteiger partial charge in [0.2, 0.25) is 0 Å². The van der Waals surface area contributed by atoms with Gasteiger partial charge in [0.05, 0.1) is 5.56 Å². The van der Waals surface area contributed by atoms with Crippen molar-refractivity contribution in [2.45, 2.75) is 46.2 Å². The molecule has 1 amide bonds. The number of hydrogen-bond acceptors (Lipinski definition) is 4. The summed E-state index contributed by atoms with van der Waals surface area (Å²) in [5.74, 6) is 0.728. The van der Waals surface area contributed by atoms with Crippen LogP contribution in [-0.2, 0) is 12.8 Å². The molecule has 0 bridgehead atoms. The van der Waals surface area contributed by atoms with E-state index in [0.29, 0.717) is 11.3 Å². The molecule has 3 heterocycles. The quantitative estimate of drug-likeness (QED) is 0.819. The van der Waals surface area contributed by atoms with Crippen molar-refractivity contribution in [3.05, 3.63) is 46.1 Å². The van der Waals surface area contributed by atoms with Gasteiger partial charge in [-0.3, -0.25) is 9.78 Å². The summed E-state index contributed by atoms with van der Waals surface area (Å²) < 4.78 is 0. The average molecular weight is 341 g/mol. The van der Waals surface area contributed by atoms with E-state index in [0.717, 1.165) is 29.0 Å². The highest BCUT2D eigenvalue weighted by Crippen LogP contribution is 2.45. The zero-order valence-corrected chi connectivity index (χ0v) is 15.2. The summed E-state index contributed by atoms with van der Waals surface area (Å²) in [5, 5.41) is 7.60. The predicted molar refractivity (Wildman–Crippen MR) is 97.4 cm³/mol. The number of pyridine rings is 1. The Balaban J connectivity index is 1.66. The summed E-state index contributed by atoms with van der Waals surface area (Å²) in [6.07, 6.45) is 6.61. The number of carbonyl (C=O) groups is 1. The Morgan fingerprint density at radius 1 is 1.29 bits per heavy atom. The number of carbonyl (C=O) groups excluding carboxylic acids is 1. The third-order valence-corrected chi connectivity index (χ3v) is 6.47. The molecule has 0 radical (unpaired) electrons. The predicted octanol–water partition coefficient (Wildman–Crippen LogP) is 4.15. The molecule has 2 N–H and O–H groups in total. The van der Waals surface area contributed by atoms with Crippen LogP contribution in [0.2, 0.25) is 0 Å². The van der Waals surface area contributed by atoms with Crippen LogP contribution in [0, 0.1) is 11.3 Å². The molecule has 2 unspecified atom stereocenters. The van der Waals surface area contributed by atoms with Crippen molar-refractivity contribution in [1.82, 2.24) is 10.3 Å². The van der Waals surface area contributed by atoms with Crippen LogP contribution in [0.3, 0.4) is 0 Å². The monoisotopic (exact) mass is 341 g/mol. The Bertz CT molecular complexity index is 776. The first-order chi connectivity index (χ1) is 11.4.